The molecule has 0 unspecified atom stereocenters. The molecular formula is C23H29ClN6O2. The Labute approximate surface area is 193 Å². The van der Waals surface area contributed by atoms with Crippen LogP contribution in [0.1, 0.15) is 25.0 Å². The first-order valence-corrected chi connectivity index (χ1v) is 10.8. The molecule has 0 aliphatic heterocycles. The average molecular weight is 457 g/mol. The highest BCUT2D eigenvalue weighted by Gasteiger charge is 2.47. The number of anilines is 2. The Morgan fingerprint density at radius 3 is 2.91 bits per heavy atom. The molecule has 4 N–H and O–H groups in total. The summed E-state index contributed by atoms with van der Waals surface area (Å²) in [5, 5.41) is 12.9. The fourth-order valence-corrected chi connectivity index (χ4v) is 3.69. The van der Waals surface area contributed by atoms with Gasteiger partial charge in [0.2, 0.25) is 11.8 Å². The summed E-state index contributed by atoms with van der Waals surface area (Å²) < 4.78 is 5.30. The number of hydrogen-bond acceptors (Lipinski definition) is 7. The number of likely N-dealkylation sites (N-methyl/N-ethyl adjacent to an activating group) is 1. The maximum atomic E-state index is 12.8. The second-order valence-corrected chi connectivity index (χ2v) is 8.05. The van der Waals surface area contributed by atoms with Crippen molar-refractivity contribution in [1.82, 2.24) is 20.6 Å². The fourth-order valence-electron chi connectivity index (χ4n) is 3.52. The monoisotopic (exact) mass is 456 g/mol. The number of methoxy groups -OCH3 is 1. The number of pyridine rings is 2. The van der Waals surface area contributed by atoms with Crippen LogP contribution in [0.2, 0.25) is 5.02 Å². The molecule has 1 aliphatic carbocycles. The molecule has 3 atom stereocenters. The predicted molar refractivity (Wildman–Crippen MR) is 128 cm³/mol. The Balaban J connectivity index is 1.63. The largest absolute Gasteiger partial charge is 0.481 e. The molecule has 2 aromatic rings. The maximum absolute atomic E-state index is 12.8. The molecule has 1 amide bonds. The van der Waals surface area contributed by atoms with Gasteiger partial charge in [-0.25, -0.2) is 0 Å². The van der Waals surface area contributed by atoms with E-state index in [0.717, 1.165) is 23.5 Å². The van der Waals surface area contributed by atoms with Crippen molar-refractivity contribution in [1.29, 1.82) is 0 Å². The second kappa shape index (κ2) is 10.9. The van der Waals surface area contributed by atoms with Crippen molar-refractivity contribution < 1.29 is 9.53 Å². The van der Waals surface area contributed by atoms with Gasteiger partial charge in [-0.2, -0.15) is 4.98 Å². The van der Waals surface area contributed by atoms with Gasteiger partial charge in [-0.05, 0) is 30.7 Å². The molecular weight excluding hydrogens is 428 g/mol. The number of halogens is 1. The number of hydrogen-bond donors (Lipinski definition) is 4. The molecule has 0 radical (unpaired) electrons. The van der Waals surface area contributed by atoms with Crippen LogP contribution >= 0.6 is 11.6 Å². The first-order chi connectivity index (χ1) is 15.4. The minimum Gasteiger partial charge on any atom is -0.481 e. The lowest BCUT2D eigenvalue weighted by Crippen LogP contribution is -2.19. The topological polar surface area (TPSA) is 100 Å². The van der Waals surface area contributed by atoms with Gasteiger partial charge in [0.1, 0.15) is 5.82 Å². The summed E-state index contributed by atoms with van der Waals surface area (Å²) in [6, 6.07) is 7.17. The predicted octanol–water partition coefficient (Wildman–Crippen LogP) is 3.72. The SMILES string of the molecule is C=CN/C=C(/CNc1cc(NC(=O)[C@H]2C[C@@H]2[C@@H](C)c2cc(Cl)ccn2)nc(OC)c1)NC. The first-order valence-electron chi connectivity index (χ1n) is 10.4. The number of amides is 1. The summed E-state index contributed by atoms with van der Waals surface area (Å²) in [4.78, 5) is 21.6. The maximum Gasteiger partial charge on any atom is 0.228 e. The Morgan fingerprint density at radius 2 is 2.22 bits per heavy atom. The molecule has 0 spiro atoms. The number of carbonyl (C=O) groups excluding carboxylic acids is 1. The van der Waals surface area contributed by atoms with Crippen LogP contribution in [0.25, 0.3) is 0 Å². The van der Waals surface area contributed by atoms with Crippen molar-refractivity contribution in [2.45, 2.75) is 19.3 Å². The van der Waals surface area contributed by atoms with Crippen molar-refractivity contribution in [3.05, 3.63) is 65.9 Å². The van der Waals surface area contributed by atoms with Gasteiger partial charge in [0.25, 0.3) is 0 Å². The van der Waals surface area contributed by atoms with Gasteiger partial charge >= 0.3 is 0 Å². The molecule has 1 saturated carbocycles. The normalized spacial score (nSPS) is 18.3. The van der Waals surface area contributed by atoms with Gasteiger partial charge in [-0.3, -0.25) is 9.78 Å². The average Bonchev–Trinajstić information content (AvgIpc) is 3.59. The van der Waals surface area contributed by atoms with E-state index in [-0.39, 0.29) is 23.7 Å². The summed E-state index contributed by atoms with van der Waals surface area (Å²) in [5.74, 6) is 1.09. The molecule has 0 bridgehead atoms. The van der Waals surface area contributed by atoms with E-state index in [1.54, 1.807) is 37.7 Å². The third-order valence-electron chi connectivity index (χ3n) is 5.47. The summed E-state index contributed by atoms with van der Waals surface area (Å²) in [6.07, 6.45) is 5.91. The third-order valence-corrected chi connectivity index (χ3v) is 5.71. The van der Waals surface area contributed by atoms with Crippen LogP contribution in [0.4, 0.5) is 11.5 Å². The van der Waals surface area contributed by atoms with Crippen molar-refractivity contribution in [2.75, 3.05) is 31.3 Å². The lowest BCUT2D eigenvalue weighted by molar-refractivity contribution is -0.117. The van der Waals surface area contributed by atoms with Gasteiger partial charge in [0, 0.05) is 65.5 Å². The van der Waals surface area contributed by atoms with E-state index < -0.39 is 0 Å². The van der Waals surface area contributed by atoms with Crippen LogP contribution in [-0.4, -0.2) is 36.6 Å². The Kier molecular flexibility index (Phi) is 7.94. The smallest absolute Gasteiger partial charge is 0.228 e. The van der Waals surface area contributed by atoms with Crippen LogP contribution in [0, 0.1) is 11.8 Å². The van der Waals surface area contributed by atoms with Crippen LogP contribution < -0.4 is 26.0 Å². The molecule has 0 aromatic carbocycles. The van der Waals surface area contributed by atoms with Crippen molar-refractivity contribution in [3.8, 4) is 5.88 Å². The number of ether oxygens (including phenoxy) is 1. The van der Waals surface area contributed by atoms with Gasteiger partial charge < -0.3 is 26.0 Å². The van der Waals surface area contributed by atoms with E-state index in [2.05, 4.69) is 44.7 Å². The van der Waals surface area contributed by atoms with E-state index in [0.29, 0.717) is 23.3 Å². The Bertz CT molecular complexity index is 996. The first kappa shape index (κ1) is 23.4. The number of nitrogens with zero attached hydrogens (tertiary/aromatic N) is 2. The second-order valence-electron chi connectivity index (χ2n) is 7.61. The molecule has 1 fully saturated rings. The highest BCUT2D eigenvalue weighted by Crippen LogP contribution is 2.48. The molecule has 0 saturated heterocycles. The zero-order valence-corrected chi connectivity index (χ0v) is 19.2. The fraction of sp³-hybridized carbons (Fsp3) is 0.348. The molecule has 9 heteroatoms. The van der Waals surface area contributed by atoms with E-state index in [1.807, 2.05) is 19.3 Å². The lowest BCUT2D eigenvalue weighted by atomic mass is 9.99. The highest BCUT2D eigenvalue weighted by molar-refractivity contribution is 6.30. The minimum atomic E-state index is -0.0843. The quantitative estimate of drug-likeness (QED) is 0.409. The van der Waals surface area contributed by atoms with E-state index in [4.69, 9.17) is 16.3 Å². The standard InChI is InChI=1S/C23H29ClN6O2/c1-5-26-12-17(25-3)13-28-16-9-21(29-22(10-16)32-4)30-23(31)19-11-18(19)14(2)20-8-15(24)6-7-27-20/h5-10,12,14,18-19,25-26H,1,11,13H2,2-4H3,(H2,28,29,30,31)/b17-12-/t14-,18-,19+/m1/s1. The molecule has 8 nitrogen and oxygen atoms in total. The van der Waals surface area contributed by atoms with Crippen molar-refractivity contribution in [2.24, 2.45) is 11.8 Å². The lowest BCUT2D eigenvalue weighted by Gasteiger charge is -2.13. The van der Waals surface area contributed by atoms with Gasteiger partial charge in [-0.1, -0.05) is 25.1 Å². The number of carbonyl (C=O) groups is 1. The molecule has 1 aliphatic rings. The summed E-state index contributed by atoms with van der Waals surface area (Å²) in [6.45, 7) is 6.24. The molecule has 170 valence electrons. The third kappa shape index (κ3) is 6.13. The van der Waals surface area contributed by atoms with Crippen LogP contribution in [0.3, 0.4) is 0 Å². The van der Waals surface area contributed by atoms with E-state index >= 15 is 0 Å². The highest BCUT2D eigenvalue weighted by atomic mass is 35.5. The number of aromatic nitrogens is 2. The minimum absolute atomic E-state index is 0.0541. The van der Waals surface area contributed by atoms with Crippen LogP contribution in [-0.2, 0) is 4.79 Å². The zero-order chi connectivity index (χ0) is 23.1. The number of rotatable bonds is 11. The van der Waals surface area contributed by atoms with Crippen LogP contribution in [0.5, 0.6) is 5.88 Å². The Hall–Kier alpha value is -3.26. The van der Waals surface area contributed by atoms with Crippen molar-refractivity contribution in [3.63, 3.8) is 0 Å². The molecule has 32 heavy (non-hydrogen) atoms. The molecule has 2 aromatic heterocycles. The zero-order valence-electron chi connectivity index (χ0n) is 18.5. The van der Waals surface area contributed by atoms with Crippen molar-refractivity contribution >= 4 is 29.0 Å². The summed E-state index contributed by atoms with van der Waals surface area (Å²) in [7, 11) is 3.38. The summed E-state index contributed by atoms with van der Waals surface area (Å²) in [5.41, 5.74) is 2.61. The molecule has 2 heterocycles. The molecule has 3 rings (SSSR count). The van der Waals surface area contributed by atoms with Gasteiger partial charge in [-0.15, -0.1) is 0 Å². The van der Waals surface area contributed by atoms with Gasteiger partial charge in [0.15, 0.2) is 0 Å². The van der Waals surface area contributed by atoms with Gasteiger partial charge in [0.05, 0.1) is 13.7 Å². The Morgan fingerprint density at radius 1 is 1.41 bits per heavy atom. The van der Waals surface area contributed by atoms with E-state index in [9.17, 15) is 4.79 Å². The summed E-state index contributed by atoms with van der Waals surface area (Å²) >= 11 is 6.08. The van der Waals surface area contributed by atoms with Crippen LogP contribution in [0.15, 0.2) is 55.1 Å². The van der Waals surface area contributed by atoms with E-state index in [1.165, 1.54) is 0 Å². The number of nitrogens with one attached hydrogen (secondary N) is 4.